The van der Waals surface area contributed by atoms with Gasteiger partial charge in [0.05, 0.1) is 6.54 Å². The van der Waals surface area contributed by atoms with E-state index >= 15 is 0 Å². The van der Waals surface area contributed by atoms with Crippen LogP contribution in [-0.2, 0) is 4.79 Å². The minimum Gasteiger partial charge on any atom is -0.325 e. The van der Waals surface area contributed by atoms with Crippen LogP contribution in [0.15, 0.2) is 28.7 Å². The lowest BCUT2D eigenvalue weighted by molar-refractivity contribution is -0.117. The SMILES string of the molecule is O=C(CN1CCC2NCCC2C1)Nc1ccc(Br)cc1. The van der Waals surface area contributed by atoms with Crippen LogP contribution in [0.5, 0.6) is 0 Å². The first-order valence-electron chi connectivity index (χ1n) is 7.22. The number of carbonyl (C=O) groups is 1. The van der Waals surface area contributed by atoms with Gasteiger partial charge in [0.1, 0.15) is 0 Å². The predicted octanol–water partition coefficient (Wildman–Crippen LogP) is 2.07. The van der Waals surface area contributed by atoms with Crippen LogP contribution < -0.4 is 10.6 Å². The summed E-state index contributed by atoms with van der Waals surface area (Å²) in [5, 5.41) is 6.50. The van der Waals surface area contributed by atoms with E-state index in [9.17, 15) is 4.79 Å². The molecule has 0 bridgehead atoms. The molecule has 1 aromatic rings. The quantitative estimate of drug-likeness (QED) is 0.887. The van der Waals surface area contributed by atoms with Gasteiger partial charge in [-0.15, -0.1) is 0 Å². The van der Waals surface area contributed by atoms with Crippen molar-refractivity contribution >= 4 is 27.5 Å². The first kappa shape index (κ1) is 14.0. The van der Waals surface area contributed by atoms with Crippen molar-refractivity contribution in [1.29, 1.82) is 0 Å². The third-order valence-electron chi connectivity index (χ3n) is 4.23. The fourth-order valence-electron chi connectivity index (χ4n) is 3.20. The van der Waals surface area contributed by atoms with Crippen molar-refractivity contribution in [2.45, 2.75) is 18.9 Å². The summed E-state index contributed by atoms with van der Waals surface area (Å²) in [6, 6.07) is 8.38. The maximum absolute atomic E-state index is 12.1. The summed E-state index contributed by atoms with van der Waals surface area (Å²) in [7, 11) is 0. The number of likely N-dealkylation sites (tertiary alicyclic amines) is 1. The van der Waals surface area contributed by atoms with Gasteiger partial charge in [-0.1, -0.05) is 15.9 Å². The number of piperidine rings is 1. The van der Waals surface area contributed by atoms with E-state index in [1.165, 1.54) is 6.42 Å². The van der Waals surface area contributed by atoms with Crippen molar-refractivity contribution in [2.75, 3.05) is 31.5 Å². The van der Waals surface area contributed by atoms with Gasteiger partial charge in [0.15, 0.2) is 0 Å². The van der Waals surface area contributed by atoms with Gasteiger partial charge in [0.25, 0.3) is 0 Å². The van der Waals surface area contributed by atoms with Gasteiger partial charge in [-0.3, -0.25) is 9.69 Å². The van der Waals surface area contributed by atoms with Gasteiger partial charge in [0, 0.05) is 29.3 Å². The smallest absolute Gasteiger partial charge is 0.238 e. The summed E-state index contributed by atoms with van der Waals surface area (Å²) in [6.45, 7) is 3.70. The Bertz CT molecular complexity index is 477. The molecule has 1 amide bonds. The zero-order chi connectivity index (χ0) is 13.9. The highest BCUT2D eigenvalue weighted by atomic mass is 79.9. The summed E-state index contributed by atoms with van der Waals surface area (Å²) in [5.41, 5.74) is 0.857. The van der Waals surface area contributed by atoms with Gasteiger partial charge >= 0.3 is 0 Å². The molecule has 2 aliphatic heterocycles. The van der Waals surface area contributed by atoms with Crippen molar-refractivity contribution in [2.24, 2.45) is 5.92 Å². The summed E-state index contributed by atoms with van der Waals surface area (Å²) < 4.78 is 1.02. The molecule has 2 heterocycles. The molecule has 0 saturated carbocycles. The van der Waals surface area contributed by atoms with E-state index in [-0.39, 0.29) is 5.91 Å². The van der Waals surface area contributed by atoms with Crippen LogP contribution >= 0.6 is 15.9 Å². The number of halogens is 1. The largest absolute Gasteiger partial charge is 0.325 e. The molecule has 0 radical (unpaired) electrons. The van der Waals surface area contributed by atoms with E-state index in [2.05, 4.69) is 31.5 Å². The van der Waals surface area contributed by atoms with Gasteiger partial charge < -0.3 is 10.6 Å². The monoisotopic (exact) mass is 337 g/mol. The third kappa shape index (κ3) is 3.40. The number of carbonyl (C=O) groups excluding carboxylic acids is 1. The Hall–Kier alpha value is -0.910. The van der Waals surface area contributed by atoms with Gasteiger partial charge in [-0.25, -0.2) is 0 Å². The van der Waals surface area contributed by atoms with Crippen LogP contribution in [0.25, 0.3) is 0 Å². The third-order valence-corrected chi connectivity index (χ3v) is 4.76. The second-order valence-electron chi connectivity index (χ2n) is 5.69. The van der Waals surface area contributed by atoms with Crippen molar-refractivity contribution in [1.82, 2.24) is 10.2 Å². The second kappa shape index (κ2) is 6.24. The van der Waals surface area contributed by atoms with Crippen molar-refractivity contribution in [3.63, 3.8) is 0 Å². The molecule has 3 rings (SSSR count). The number of nitrogens with zero attached hydrogens (tertiary/aromatic N) is 1. The van der Waals surface area contributed by atoms with E-state index in [4.69, 9.17) is 0 Å². The molecule has 2 saturated heterocycles. The van der Waals surface area contributed by atoms with Gasteiger partial charge in [0.2, 0.25) is 5.91 Å². The maximum Gasteiger partial charge on any atom is 0.238 e. The van der Waals surface area contributed by atoms with E-state index in [1.807, 2.05) is 24.3 Å². The van der Waals surface area contributed by atoms with Crippen molar-refractivity contribution in [3.05, 3.63) is 28.7 Å². The highest BCUT2D eigenvalue weighted by Crippen LogP contribution is 2.24. The molecule has 5 heteroatoms. The Morgan fingerprint density at radius 3 is 2.95 bits per heavy atom. The molecule has 2 unspecified atom stereocenters. The van der Waals surface area contributed by atoms with Crippen LogP contribution in [0.4, 0.5) is 5.69 Å². The molecule has 4 nitrogen and oxygen atoms in total. The van der Waals surface area contributed by atoms with E-state index in [0.29, 0.717) is 12.6 Å². The average molecular weight is 338 g/mol. The molecule has 2 fully saturated rings. The van der Waals surface area contributed by atoms with E-state index in [0.717, 1.165) is 42.1 Å². The van der Waals surface area contributed by atoms with Crippen LogP contribution in [-0.4, -0.2) is 43.0 Å². The Balaban J connectivity index is 1.50. The number of benzene rings is 1. The predicted molar refractivity (Wildman–Crippen MR) is 83.7 cm³/mol. The Kier molecular flexibility index (Phi) is 4.38. The molecule has 2 atom stereocenters. The first-order valence-corrected chi connectivity index (χ1v) is 8.01. The minimum atomic E-state index is 0.0803. The fourth-order valence-corrected chi connectivity index (χ4v) is 3.47. The van der Waals surface area contributed by atoms with Gasteiger partial charge in [-0.05, 0) is 49.6 Å². The van der Waals surface area contributed by atoms with Crippen LogP contribution in [0.1, 0.15) is 12.8 Å². The van der Waals surface area contributed by atoms with Crippen molar-refractivity contribution < 1.29 is 4.79 Å². The maximum atomic E-state index is 12.1. The number of amides is 1. The molecular weight excluding hydrogens is 318 g/mol. The highest BCUT2D eigenvalue weighted by molar-refractivity contribution is 9.10. The summed E-state index contributed by atoms with van der Waals surface area (Å²) >= 11 is 3.39. The number of anilines is 1. The number of rotatable bonds is 3. The second-order valence-corrected chi connectivity index (χ2v) is 6.60. The number of nitrogens with one attached hydrogen (secondary N) is 2. The zero-order valence-corrected chi connectivity index (χ0v) is 13.0. The Morgan fingerprint density at radius 1 is 1.35 bits per heavy atom. The van der Waals surface area contributed by atoms with E-state index in [1.54, 1.807) is 0 Å². The topological polar surface area (TPSA) is 44.4 Å². The molecule has 2 N–H and O–H groups in total. The minimum absolute atomic E-state index is 0.0803. The summed E-state index contributed by atoms with van der Waals surface area (Å²) in [5.74, 6) is 0.806. The normalized spacial score (nSPS) is 26.2. The van der Waals surface area contributed by atoms with Crippen LogP contribution in [0.3, 0.4) is 0 Å². The van der Waals surface area contributed by atoms with Crippen LogP contribution in [0, 0.1) is 5.92 Å². The Morgan fingerprint density at radius 2 is 2.15 bits per heavy atom. The fraction of sp³-hybridized carbons (Fsp3) is 0.533. The molecule has 1 aromatic carbocycles. The Labute approximate surface area is 128 Å². The van der Waals surface area contributed by atoms with Crippen molar-refractivity contribution in [3.8, 4) is 0 Å². The summed E-state index contributed by atoms with van der Waals surface area (Å²) in [6.07, 6.45) is 2.41. The first-order chi connectivity index (χ1) is 9.70. The molecule has 2 aliphatic rings. The zero-order valence-electron chi connectivity index (χ0n) is 11.4. The molecule has 0 aromatic heterocycles. The highest BCUT2D eigenvalue weighted by Gasteiger charge is 2.32. The number of hydrogen-bond acceptors (Lipinski definition) is 3. The average Bonchev–Trinajstić information content (AvgIpc) is 2.89. The lowest BCUT2D eigenvalue weighted by Crippen LogP contribution is -2.46. The van der Waals surface area contributed by atoms with Gasteiger partial charge in [-0.2, -0.15) is 0 Å². The molecule has 0 aliphatic carbocycles. The standard InChI is InChI=1S/C15H20BrN3O/c16-12-1-3-13(4-2-12)18-15(20)10-19-8-6-14-11(9-19)5-7-17-14/h1-4,11,14,17H,5-10H2,(H,18,20). The number of fused-ring (bicyclic) bond motifs is 1. The molecule has 20 heavy (non-hydrogen) atoms. The molecule has 0 spiro atoms. The lowest BCUT2D eigenvalue weighted by atomic mass is 9.93. The summed E-state index contributed by atoms with van der Waals surface area (Å²) in [4.78, 5) is 14.4. The van der Waals surface area contributed by atoms with E-state index < -0.39 is 0 Å². The lowest BCUT2D eigenvalue weighted by Gasteiger charge is -2.34. The number of hydrogen-bond donors (Lipinski definition) is 2. The molecular formula is C15H20BrN3O. The molecule has 108 valence electrons. The van der Waals surface area contributed by atoms with Crippen LogP contribution in [0.2, 0.25) is 0 Å².